The number of cyclic esters (lactones) is 1. The number of ether oxygens (including phenoxy) is 1. The maximum atomic E-state index is 10.2. The first-order valence-corrected chi connectivity index (χ1v) is 2.24. The van der Waals surface area contributed by atoms with Crippen LogP contribution in [0.2, 0.25) is 0 Å². The zero-order valence-corrected chi connectivity index (χ0v) is 6.01. The smallest absolute Gasteiger partial charge is 0.307 e. The maximum absolute atomic E-state index is 10.2. The molecule has 0 aromatic rings. The molecular formula is C4H8BrNO2. The van der Waals surface area contributed by atoms with Gasteiger partial charge in [-0.2, -0.15) is 0 Å². The number of halogens is 1. The first kappa shape index (κ1) is 7.91. The van der Waals surface area contributed by atoms with E-state index in [9.17, 15) is 4.79 Å². The van der Waals surface area contributed by atoms with Crippen LogP contribution in [-0.4, -0.2) is 12.2 Å². The monoisotopic (exact) mass is 181 g/mol. The zero-order valence-electron chi connectivity index (χ0n) is 4.29. The molecule has 0 aromatic carbocycles. The highest BCUT2D eigenvalue weighted by atomic mass is 79.9. The molecule has 1 heterocycles. The van der Waals surface area contributed by atoms with E-state index in [0.717, 1.165) is 0 Å². The van der Waals surface area contributed by atoms with E-state index in [0.29, 0.717) is 12.8 Å². The number of rotatable bonds is 0. The molecule has 1 aliphatic heterocycles. The van der Waals surface area contributed by atoms with Crippen molar-refractivity contribution in [2.45, 2.75) is 19.1 Å². The molecule has 0 aromatic heterocycles. The standard InChI is InChI=1S/C4H7NO2.BrH/c5-3-1-2-4(6)7-3;/h3H,1-2,5H2;1H. The minimum atomic E-state index is -0.326. The summed E-state index contributed by atoms with van der Waals surface area (Å²) >= 11 is 0. The fourth-order valence-electron chi connectivity index (χ4n) is 0.547. The lowest BCUT2D eigenvalue weighted by atomic mass is 10.3. The van der Waals surface area contributed by atoms with Crippen molar-refractivity contribution in [3.05, 3.63) is 0 Å². The number of esters is 1. The van der Waals surface area contributed by atoms with Gasteiger partial charge in [0.1, 0.15) is 0 Å². The van der Waals surface area contributed by atoms with Gasteiger partial charge in [-0.05, 0) is 0 Å². The van der Waals surface area contributed by atoms with E-state index in [1.165, 1.54) is 0 Å². The highest BCUT2D eigenvalue weighted by molar-refractivity contribution is 8.93. The summed E-state index contributed by atoms with van der Waals surface area (Å²) in [6.45, 7) is 0. The molecule has 1 unspecified atom stereocenters. The molecule has 2 N–H and O–H groups in total. The van der Waals surface area contributed by atoms with Gasteiger partial charge in [-0.15, -0.1) is 17.0 Å². The number of carbonyl (C=O) groups is 1. The van der Waals surface area contributed by atoms with Crippen molar-refractivity contribution in [2.75, 3.05) is 0 Å². The van der Waals surface area contributed by atoms with Gasteiger partial charge in [-0.3, -0.25) is 10.5 Å². The van der Waals surface area contributed by atoms with E-state index in [-0.39, 0.29) is 29.2 Å². The molecule has 1 aliphatic rings. The molecule has 1 rings (SSSR count). The summed E-state index contributed by atoms with van der Waals surface area (Å²) in [4.78, 5) is 10.2. The predicted octanol–water partition coefficient (Wildman–Crippen LogP) is 0.186. The van der Waals surface area contributed by atoms with Gasteiger partial charge in [0, 0.05) is 6.42 Å². The second kappa shape index (κ2) is 3.04. The second-order valence-electron chi connectivity index (χ2n) is 1.57. The van der Waals surface area contributed by atoms with Gasteiger partial charge in [-0.25, -0.2) is 0 Å². The Bertz CT molecular complexity index is 96.0. The largest absolute Gasteiger partial charge is 0.447 e. The highest BCUT2D eigenvalue weighted by Crippen LogP contribution is 2.07. The minimum Gasteiger partial charge on any atom is -0.447 e. The third-order valence-corrected chi connectivity index (χ3v) is 0.916. The van der Waals surface area contributed by atoms with Crippen LogP contribution in [-0.2, 0) is 9.53 Å². The third kappa shape index (κ3) is 1.79. The molecule has 0 saturated carbocycles. The summed E-state index contributed by atoms with van der Waals surface area (Å²) in [5, 5.41) is 0. The lowest BCUT2D eigenvalue weighted by Crippen LogP contribution is -2.17. The van der Waals surface area contributed by atoms with Crippen molar-refractivity contribution in [1.29, 1.82) is 0 Å². The number of nitrogens with two attached hydrogens (primary N) is 1. The Morgan fingerprint density at radius 2 is 2.38 bits per heavy atom. The van der Waals surface area contributed by atoms with Crippen LogP contribution in [0.15, 0.2) is 0 Å². The summed E-state index contributed by atoms with van der Waals surface area (Å²) in [6.07, 6.45) is 0.840. The normalized spacial score (nSPS) is 26.6. The Balaban J connectivity index is 0.000000490. The number of hydrogen-bond donors (Lipinski definition) is 1. The molecule has 0 aliphatic carbocycles. The van der Waals surface area contributed by atoms with E-state index >= 15 is 0 Å². The Kier molecular flexibility index (Phi) is 3.01. The van der Waals surface area contributed by atoms with Crippen LogP contribution in [0.25, 0.3) is 0 Å². The molecule has 1 saturated heterocycles. The van der Waals surface area contributed by atoms with Crippen molar-refractivity contribution in [1.82, 2.24) is 0 Å². The lowest BCUT2D eigenvalue weighted by Gasteiger charge is -1.96. The van der Waals surface area contributed by atoms with Crippen molar-refractivity contribution < 1.29 is 9.53 Å². The Morgan fingerprint density at radius 3 is 2.50 bits per heavy atom. The zero-order chi connectivity index (χ0) is 5.28. The topological polar surface area (TPSA) is 52.3 Å². The Labute approximate surface area is 58.0 Å². The molecule has 1 fully saturated rings. The van der Waals surface area contributed by atoms with Gasteiger partial charge in [0.25, 0.3) is 0 Å². The Morgan fingerprint density at radius 1 is 1.75 bits per heavy atom. The third-order valence-electron chi connectivity index (χ3n) is 0.916. The van der Waals surface area contributed by atoms with Gasteiger partial charge >= 0.3 is 5.97 Å². The van der Waals surface area contributed by atoms with Crippen LogP contribution < -0.4 is 5.73 Å². The fourth-order valence-corrected chi connectivity index (χ4v) is 0.547. The molecule has 1 atom stereocenters. The van der Waals surface area contributed by atoms with Gasteiger partial charge < -0.3 is 4.74 Å². The van der Waals surface area contributed by atoms with Gasteiger partial charge in [0.05, 0.1) is 6.42 Å². The van der Waals surface area contributed by atoms with E-state index in [1.807, 2.05) is 0 Å². The van der Waals surface area contributed by atoms with E-state index in [4.69, 9.17) is 5.73 Å². The summed E-state index contributed by atoms with van der Waals surface area (Å²) < 4.78 is 4.50. The number of carbonyl (C=O) groups excluding carboxylic acids is 1. The van der Waals surface area contributed by atoms with Crippen molar-refractivity contribution >= 4 is 23.0 Å². The van der Waals surface area contributed by atoms with Gasteiger partial charge in [0.2, 0.25) is 0 Å². The van der Waals surface area contributed by atoms with Gasteiger partial charge in [0.15, 0.2) is 6.23 Å². The van der Waals surface area contributed by atoms with Crippen LogP contribution in [0, 0.1) is 0 Å². The summed E-state index contributed by atoms with van der Waals surface area (Å²) in [6, 6.07) is 0. The molecule has 3 nitrogen and oxygen atoms in total. The molecule has 0 radical (unpaired) electrons. The Hall–Kier alpha value is -0.0900. The minimum absolute atomic E-state index is 0. The summed E-state index contributed by atoms with van der Waals surface area (Å²) in [5.74, 6) is -0.174. The summed E-state index contributed by atoms with van der Waals surface area (Å²) in [5.41, 5.74) is 5.18. The van der Waals surface area contributed by atoms with Crippen LogP contribution in [0.3, 0.4) is 0 Å². The van der Waals surface area contributed by atoms with Crippen molar-refractivity contribution in [2.24, 2.45) is 5.73 Å². The molecular weight excluding hydrogens is 174 g/mol. The average Bonchev–Trinajstić information content (AvgIpc) is 1.87. The molecule has 0 spiro atoms. The molecule has 0 bridgehead atoms. The van der Waals surface area contributed by atoms with Crippen molar-refractivity contribution in [3.8, 4) is 0 Å². The molecule has 0 amide bonds. The maximum Gasteiger partial charge on any atom is 0.307 e. The SMILES string of the molecule is Br.NC1CCC(=O)O1. The summed E-state index contributed by atoms with van der Waals surface area (Å²) in [7, 11) is 0. The van der Waals surface area contributed by atoms with E-state index < -0.39 is 0 Å². The fraction of sp³-hybridized carbons (Fsp3) is 0.750. The van der Waals surface area contributed by atoms with E-state index in [2.05, 4.69) is 4.74 Å². The van der Waals surface area contributed by atoms with Crippen molar-refractivity contribution in [3.63, 3.8) is 0 Å². The first-order chi connectivity index (χ1) is 3.29. The molecule has 48 valence electrons. The number of hydrogen-bond acceptors (Lipinski definition) is 3. The molecule has 8 heavy (non-hydrogen) atoms. The predicted molar refractivity (Wildman–Crippen MR) is 33.6 cm³/mol. The lowest BCUT2D eigenvalue weighted by molar-refractivity contribution is -0.141. The molecule has 4 heteroatoms. The van der Waals surface area contributed by atoms with Crippen LogP contribution in [0.4, 0.5) is 0 Å². The quantitative estimate of drug-likeness (QED) is 0.544. The highest BCUT2D eigenvalue weighted by Gasteiger charge is 2.18. The van der Waals surface area contributed by atoms with Gasteiger partial charge in [-0.1, -0.05) is 0 Å². The first-order valence-electron chi connectivity index (χ1n) is 2.24. The van der Waals surface area contributed by atoms with Crippen LogP contribution in [0.5, 0.6) is 0 Å². The average molecular weight is 182 g/mol. The van der Waals surface area contributed by atoms with E-state index in [1.54, 1.807) is 0 Å². The van der Waals surface area contributed by atoms with Crippen LogP contribution in [0.1, 0.15) is 12.8 Å². The second-order valence-corrected chi connectivity index (χ2v) is 1.57. The van der Waals surface area contributed by atoms with Crippen LogP contribution >= 0.6 is 17.0 Å².